The Kier molecular flexibility index (Phi) is 6.93. The lowest BCUT2D eigenvalue weighted by molar-refractivity contribution is 0.299. The molecule has 0 heterocycles. The molecule has 0 unspecified atom stereocenters. The first-order valence-corrected chi connectivity index (χ1v) is 17.8. The summed E-state index contributed by atoms with van der Waals surface area (Å²) < 4.78 is 0. The summed E-state index contributed by atoms with van der Waals surface area (Å²) in [6.45, 7) is 19.3. The number of anilines is 3. The maximum absolute atomic E-state index is 2.45. The average Bonchev–Trinajstić information content (AvgIpc) is 3.11. The topological polar surface area (TPSA) is 3.24 Å². The zero-order valence-corrected chi connectivity index (χ0v) is 30.2. The van der Waals surface area contributed by atoms with Crippen LogP contribution in [0.3, 0.4) is 0 Å². The van der Waals surface area contributed by atoms with E-state index in [-0.39, 0.29) is 21.7 Å². The smallest absolute Gasteiger partial charge is 0.0468 e. The zero-order chi connectivity index (χ0) is 34.3. The van der Waals surface area contributed by atoms with Crippen LogP contribution in [-0.2, 0) is 21.7 Å². The lowest BCUT2D eigenvalue weighted by atomic mass is 9.54. The van der Waals surface area contributed by atoms with Gasteiger partial charge in [-0.25, -0.2) is 0 Å². The maximum Gasteiger partial charge on any atom is 0.0468 e. The molecule has 2 aliphatic rings. The summed E-state index contributed by atoms with van der Waals surface area (Å²) in [6.07, 6.45) is 0. The van der Waals surface area contributed by atoms with E-state index in [1.54, 1.807) is 0 Å². The normalized spacial score (nSPS) is 17.2. The minimum absolute atomic E-state index is 0.00228. The van der Waals surface area contributed by atoms with Gasteiger partial charge >= 0.3 is 0 Å². The van der Waals surface area contributed by atoms with Gasteiger partial charge in [-0.05, 0) is 108 Å². The number of nitrogens with zero attached hydrogens (tertiary/aromatic N) is 1. The van der Waals surface area contributed by atoms with E-state index < -0.39 is 0 Å². The molecule has 244 valence electrons. The van der Waals surface area contributed by atoms with Gasteiger partial charge in [-0.1, -0.05) is 159 Å². The van der Waals surface area contributed by atoms with Gasteiger partial charge in [-0.3, -0.25) is 0 Å². The Bertz CT molecular complexity index is 2220. The Morgan fingerprint density at radius 3 is 1.39 bits per heavy atom. The quantitative estimate of drug-likeness (QED) is 0.186. The highest BCUT2D eigenvalue weighted by Crippen LogP contribution is 2.58. The molecule has 0 aliphatic heterocycles. The molecule has 6 aromatic carbocycles. The molecule has 0 aromatic heterocycles. The second kappa shape index (κ2) is 10.8. The van der Waals surface area contributed by atoms with Crippen LogP contribution >= 0.6 is 0 Å². The number of fused-ring (bicyclic) bond motifs is 6. The molecule has 2 aliphatic carbocycles. The van der Waals surface area contributed by atoms with Crippen LogP contribution in [0.25, 0.3) is 33.4 Å². The zero-order valence-electron chi connectivity index (χ0n) is 30.2. The van der Waals surface area contributed by atoms with Crippen LogP contribution in [0, 0.1) is 0 Å². The lowest BCUT2D eigenvalue weighted by Crippen LogP contribution is -2.44. The third kappa shape index (κ3) is 4.44. The minimum Gasteiger partial charge on any atom is -0.310 e. The fraction of sp³-hybridized carbons (Fsp3) is 0.250. The predicted molar refractivity (Wildman–Crippen MR) is 210 cm³/mol. The Hall–Kier alpha value is -4.88. The third-order valence-corrected chi connectivity index (χ3v) is 13.0. The van der Waals surface area contributed by atoms with E-state index in [4.69, 9.17) is 0 Å². The summed E-state index contributed by atoms with van der Waals surface area (Å²) in [7, 11) is 0. The van der Waals surface area contributed by atoms with E-state index in [1.165, 1.54) is 67.0 Å². The first-order chi connectivity index (χ1) is 23.4. The monoisotopic (exact) mass is 637 g/mol. The van der Waals surface area contributed by atoms with E-state index in [0.29, 0.717) is 0 Å². The molecule has 0 amide bonds. The van der Waals surface area contributed by atoms with Crippen LogP contribution in [0.4, 0.5) is 17.1 Å². The van der Waals surface area contributed by atoms with Crippen LogP contribution in [0.5, 0.6) is 0 Å². The SMILES string of the molecule is CC1(C)c2ccccc2-c2cc(N(c3ccccc3)c3ccc4c(c3)-c3cccc(-c5ccccc5)c3C(C)(C)C4(C)C)ccc2C1(C)C. The van der Waals surface area contributed by atoms with Gasteiger partial charge in [0, 0.05) is 22.5 Å². The van der Waals surface area contributed by atoms with Crippen molar-refractivity contribution >= 4 is 17.1 Å². The van der Waals surface area contributed by atoms with Gasteiger partial charge in [0.25, 0.3) is 0 Å². The van der Waals surface area contributed by atoms with E-state index >= 15 is 0 Å². The first-order valence-electron chi connectivity index (χ1n) is 17.8. The fourth-order valence-corrected chi connectivity index (χ4v) is 8.80. The first kappa shape index (κ1) is 31.4. The van der Waals surface area contributed by atoms with Crippen LogP contribution in [-0.4, -0.2) is 0 Å². The summed E-state index contributed by atoms with van der Waals surface area (Å²) in [4.78, 5) is 2.45. The molecular weight excluding hydrogens is 591 g/mol. The van der Waals surface area contributed by atoms with E-state index in [2.05, 4.69) is 200 Å². The molecule has 0 bridgehead atoms. The number of rotatable bonds is 4. The third-order valence-electron chi connectivity index (χ3n) is 13.0. The van der Waals surface area contributed by atoms with Crippen LogP contribution in [0.2, 0.25) is 0 Å². The fourth-order valence-electron chi connectivity index (χ4n) is 8.80. The lowest BCUT2D eigenvalue weighted by Gasteiger charge is -2.49. The van der Waals surface area contributed by atoms with Crippen LogP contribution in [0.15, 0.2) is 140 Å². The molecule has 0 atom stereocenters. The molecular formula is C48H47N. The standard InChI is InChI=1S/C48H47N/c1-45(2)41-25-16-15-22-37(41)39-30-34(26-28-42(39)46(45,3)4)49(33-20-13-10-14-21-33)35-27-29-43-40(31-35)38-24-17-23-36(32-18-11-9-12-19-32)44(38)48(7,8)47(43,5)6/h9-31H,1-8H3. The molecule has 0 fully saturated rings. The van der Waals surface area contributed by atoms with E-state index in [9.17, 15) is 0 Å². The van der Waals surface area contributed by atoms with Crippen molar-refractivity contribution in [1.29, 1.82) is 0 Å². The average molecular weight is 638 g/mol. The Morgan fingerprint density at radius 1 is 0.327 bits per heavy atom. The molecule has 0 N–H and O–H groups in total. The predicted octanol–water partition coefficient (Wildman–Crippen LogP) is 13.3. The summed E-state index contributed by atoms with van der Waals surface area (Å²) in [5.41, 5.74) is 16.9. The van der Waals surface area contributed by atoms with Gasteiger partial charge in [0.1, 0.15) is 0 Å². The highest BCUT2D eigenvalue weighted by Gasteiger charge is 2.48. The van der Waals surface area contributed by atoms with E-state index in [0.717, 1.165) is 5.69 Å². The molecule has 0 spiro atoms. The molecule has 8 rings (SSSR count). The van der Waals surface area contributed by atoms with Gasteiger partial charge in [0.05, 0.1) is 0 Å². The van der Waals surface area contributed by atoms with Crippen molar-refractivity contribution in [2.24, 2.45) is 0 Å². The summed E-state index contributed by atoms with van der Waals surface area (Å²) in [5.74, 6) is 0. The molecule has 6 aromatic rings. The number of para-hydroxylation sites is 1. The molecule has 1 heteroatoms. The number of hydrogen-bond acceptors (Lipinski definition) is 1. The molecule has 49 heavy (non-hydrogen) atoms. The van der Waals surface area contributed by atoms with Gasteiger partial charge < -0.3 is 4.90 Å². The maximum atomic E-state index is 2.45. The molecule has 0 saturated heterocycles. The number of hydrogen-bond donors (Lipinski definition) is 0. The van der Waals surface area contributed by atoms with Crippen molar-refractivity contribution in [2.45, 2.75) is 77.0 Å². The molecule has 0 radical (unpaired) electrons. The van der Waals surface area contributed by atoms with Gasteiger partial charge in [-0.15, -0.1) is 0 Å². The minimum atomic E-state index is -0.0930. The Morgan fingerprint density at radius 2 is 0.776 bits per heavy atom. The van der Waals surface area contributed by atoms with Crippen molar-refractivity contribution in [3.63, 3.8) is 0 Å². The van der Waals surface area contributed by atoms with Crippen molar-refractivity contribution < 1.29 is 0 Å². The second-order valence-corrected chi connectivity index (χ2v) is 16.3. The van der Waals surface area contributed by atoms with Gasteiger partial charge in [0.2, 0.25) is 0 Å². The Labute approximate surface area is 293 Å². The van der Waals surface area contributed by atoms with Crippen molar-refractivity contribution in [2.75, 3.05) is 4.90 Å². The second-order valence-electron chi connectivity index (χ2n) is 16.3. The highest BCUT2D eigenvalue weighted by atomic mass is 15.1. The van der Waals surface area contributed by atoms with Crippen molar-refractivity contribution in [3.8, 4) is 33.4 Å². The highest BCUT2D eigenvalue weighted by molar-refractivity contribution is 5.90. The molecule has 1 nitrogen and oxygen atoms in total. The van der Waals surface area contributed by atoms with Gasteiger partial charge in [-0.2, -0.15) is 0 Å². The van der Waals surface area contributed by atoms with Crippen molar-refractivity contribution in [3.05, 3.63) is 162 Å². The largest absolute Gasteiger partial charge is 0.310 e. The summed E-state index contributed by atoms with van der Waals surface area (Å²) >= 11 is 0. The summed E-state index contributed by atoms with van der Waals surface area (Å²) in [5, 5.41) is 0. The summed E-state index contributed by atoms with van der Waals surface area (Å²) in [6, 6.07) is 52.0. The van der Waals surface area contributed by atoms with E-state index in [1.807, 2.05) is 0 Å². The van der Waals surface area contributed by atoms with Crippen LogP contribution < -0.4 is 4.90 Å². The Balaban J connectivity index is 1.36. The molecule has 0 saturated carbocycles. The van der Waals surface area contributed by atoms with Crippen LogP contribution in [0.1, 0.15) is 77.6 Å². The van der Waals surface area contributed by atoms with Gasteiger partial charge in [0.15, 0.2) is 0 Å². The number of benzene rings is 6. The van der Waals surface area contributed by atoms with Crippen molar-refractivity contribution in [1.82, 2.24) is 0 Å².